The van der Waals surface area contributed by atoms with Gasteiger partial charge in [0.25, 0.3) is 5.56 Å². The number of fused-ring (bicyclic) bond motifs is 1. The van der Waals surface area contributed by atoms with Crippen LogP contribution in [0.4, 0.5) is 13.2 Å². The number of H-pyrrole nitrogens is 1. The molecule has 0 aliphatic rings. The van der Waals surface area contributed by atoms with E-state index in [4.69, 9.17) is 0 Å². The maximum Gasteiger partial charge on any atom is 0.451 e. The van der Waals surface area contributed by atoms with Crippen molar-refractivity contribution in [2.45, 2.75) is 17.1 Å². The van der Waals surface area contributed by atoms with Gasteiger partial charge in [0.2, 0.25) is 5.82 Å². The Labute approximate surface area is 159 Å². The molecule has 0 saturated heterocycles. The summed E-state index contributed by atoms with van der Waals surface area (Å²) in [5.41, 5.74) is 0.132. The molecule has 1 N–H and O–H groups in total. The van der Waals surface area contributed by atoms with Crippen LogP contribution in [0.15, 0.2) is 31.0 Å². The zero-order chi connectivity index (χ0) is 18.4. The highest BCUT2D eigenvalue weighted by Gasteiger charge is 2.37. The van der Waals surface area contributed by atoms with E-state index in [0.29, 0.717) is 21.2 Å². The van der Waals surface area contributed by atoms with Gasteiger partial charge in [-0.1, -0.05) is 27.7 Å². The van der Waals surface area contributed by atoms with E-state index in [1.807, 2.05) is 0 Å². The molecule has 0 amide bonds. The third-order valence-electron chi connectivity index (χ3n) is 3.20. The van der Waals surface area contributed by atoms with Gasteiger partial charge in [0, 0.05) is 16.0 Å². The number of alkyl halides is 3. The topological polar surface area (TPSA) is 76.5 Å². The molecule has 25 heavy (non-hydrogen) atoms. The average Bonchev–Trinajstić information content (AvgIpc) is 2.87. The smallest absolute Gasteiger partial charge is 0.309 e. The highest BCUT2D eigenvalue weighted by Crippen LogP contribution is 2.30. The molecule has 0 atom stereocenters. The van der Waals surface area contributed by atoms with Crippen molar-refractivity contribution in [1.29, 1.82) is 0 Å². The fraction of sp³-hybridized carbons (Fsp3) is 0.231. The maximum atomic E-state index is 12.7. The van der Waals surface area contributed by atoms with E-state index < -0.39 is 12.0 Å². The Morgan fingerprint density at radius 1 is 1.28 bits per heavy atom. The largest absolute Gasteiger partial charge is 0.451 e. The van der Waals surface area contributed by atoms with E-state index in [-0.39, 0.29) is 16.5 Å². The van der Waals surface area contributed by atoms with Crippen LogP contribution in [-0.4, -0.2) is 24.7 Å². The summed E-state index contributed by atoms with van der Waals surface area (Å²) in [6, 6.07) is 3.39. The molecule has 0 saturated carbocycles. The molecule has 2 aromatic heterocycles. The summed E-state index contributed by atoms with van der Waals surface area (Å²) in [4.78, 5) is 19.2. The van der Waals surface area contributed by atoms with Gasteiger partial charge in [-0.05, 0) is 28.1 Å². The molecular formula is C13H8Br2F3N5OS. The molecule has 0 aliphatic carbocycles. The van der Waals surface area contributed by atoms with Crippen molar-refractivity contribution in [3.05, 3.63) is 43.1 Å². The van der Waals surface area contributed by atoms with Crippen molar-refractivity contribution in [3.8, 4) is 0 Å². The van der Waals surface area contributed by atoms with Crippen LogP contribution in [0.2, 0.25) is 0 Å². The van der Waals surface area contributed by atoms with Crippen LogP contribution >= 0.6 is 43.6 Å². The van der Waals surface area contributed by atoms with Crippen molar-refractivity contribution in [3.63, 3.8) is 0 Å². The minimum absolute atomic E-state index is 0.0740. The molecule has 0 radical (unpaired) electrons. The second kappa shape index (κ2) is 6.72. The Morgan fingerprint density at radius 2 is 2.00 bits per heavy atom. The molecule has 2 heterocycles. The zero-order valence-electron chi connectivity index (χ0n) is 12.4. The zero-order valence-corrected chi connectivity index (χ0v) is 16.3. The van der Waals surface area contributed by atoms with Crippen LogP contribution in [-0.2, 0) is 19.0 Å². The fourth-order valence-corrected chi connectivity index (χ4v) is 4.20. The van der Waals surface area contributed by atoms with E-state index in [1.54, 1.807) is 12.1 Å². The van der Waals surface area contributed by atoms with Crippen LogP contribution in [0.1, 0.15) is 11.6 Å². The Kier molecular flexibility index (Phi) is 4.95. The lowest BCUT2D eigenvalue weighted by Gasteiger charge is -2.07. The van der Waals surface area contributed by atoms with E-state index in [2.05, 4.69) is 52.0 Å². The molecular weight excluding hydrogens is 491 g/mol. The van der Waals surface area contributed by atoms with Gasteiger partial charge >= 0.3 is 6.18 Å². The first kappa shape index (κ1) is 18.4. The number of aromatic nitrogens is 5. The third-order valence-corrected chi connectivity index (χ3v) is 5.30. The molecule has 0 fully saturated rings. The van der Waals surface area contributed by atoms with Gasteiger partial charge in [-0.2, -0.15) is 13.2 Å². The number of rotatable bonds is 3. The summed E-state index contributed by atoms with van der Waals surface area (Å²) in [5.74, 6) is -0.623. The summed E-state index contributed by atoms with van der Waals surface area (Å²) in [5, 5.41) is 7.15. The van der Waals surface area contributed by atoms with Crippen LogP contribution in [0.25, 0.3) is 10.9 Å². The van der Waals surface area contributed by atoms with Gasteiger partial charge < -0.3 is 9.55 Å². The van der Waals surface area contributed by atoms with E-state index in [9.17, 15) is 18.0 Å². The van der Waals surface area contributed by atoms with Crippen molar-refractivity contribution in [1.82, 2.24) is 24.7 Å². The predicted octanol–water partition coefficient (Wildman–Crippen LogP) is 3.89. The maximum absolute atomic E-state index is 12.7. The molecule has 0 unspecified atom stereocenters. The summed E-state index contributed by atoms with van der Waals surface area (Å²) >= 11 is 7.64. The summed E-state index contributed by atoms with van der Waals surface area (Å²) < 4.78 is 40.4. The van der Waals surface area contributed by atoms with Crippen molar-refractivity contribution in [2.75, 3.05) is 0 Å². The molecule has 12 heteroatoms. The second-order valence-corrected chi connectivity index (χ2v) is 7.66. The van der Waals surface area contributed by atoms with Gasteiger partial charge in [0.1, 0.15) is 5.82 Å². The average molecular weight is 499 g/mol. The Bertz CT molecular complexity index is 1020. The van der Waals surface area contributed by atoms with Crippen LogP contribution in [0, 0.1) is 0 Å². The lowest BCUT2D eigenvalue weighted by molar-refractivity contribution is -0.147. The molecule has 0 aliphatic heterocycles. The summed E-state index contributed by atoms with van der Waals surface area (Å²) in [7, 11) is 1.23. The minimum Gasteiger partial charge on any atom is -0.309 e. The van der Waals surface area contributed by atoms with Crippen molar-refractivity contribution < 1.29 is 13.2 Å². The number of hydrogen-bond donors (Lipinski definition) is 1. The monoisotopic (exact) mass is 497 g/mol. The quantitative estimate of drug-likeness (QED) is 0.554. The Hall–Kier alpha value is -1.40. The van der Waals surface area contributed by atoms with Crippen LogP contribution in [0.3, 0.4) is 0 Å². The first-order valence-corrected chi connectivity index (χ1v) is 9.21. The highest BCUT2D eigenvalue weighted by atomic mass is 79.9. The number of aromatic amines is 1. The normalized spacial score (nSPS) is 12.1. The van der Waals surface area contributed by atoms with Gasteiger partial charge in [-0.25, -0.2) is 4.98 Å². The number of hydrogen-bond acceptors (Lipinski definition) is 5. The second-order valence-electron chi connectivity index (χ2n) is 4.95. The van der Waals surface area contributed by atoms with E-state index >= 15 is 0 Å². The first-order chi connectivity index (χ1) is 11.7. The molecule has 3 rings (SSSR count). The number of halogens is 5. The minimum atomic E-state index is -4.58. The van der Waals surface area contributed by atoms with Gasteiger partial charge in [0.15, 0.2) is 5.16 Å². The number of nitrogens with one attached hydrogen (secondary N) is 1. The standard InChI is InChI=1S/C13H8Br2F3N5OS/c1-23-11(13(16,17)18)21-22-12(23)25-4-8-19-9-6(10(24)20-8)2-5(14)3-7(9)15/h2-3H,4H2,1H3,(H,19,20,24). The van der Waals surface area contributed by atoms with E-state index in [0.717, 1.165) is 20.8 Å². The van der Waals surface area contributed by atoms with Gasteiger partial charge in [-0.15, -0.1) is 10.2 Å². The molecule has 3 aromatic rings. The predicted molar refractivity (Wildman–Crippen MR) is 93.3 cm³/mol. The number of nitrogens with zero attached hydrogens (tertiary/aromatic N) is 4. The lowest BCUT2D eigenvalue weighted by Crippen LogP contribution is -2.13. The lowest BCUT2D eigenvalue weighted by atomic mass is 10.2. The summed E-state index contributed by atoms with van der Waals surface area (Å²) in [6.07, 6.45) is -4.58. The third kappa shape index (κ3) is 3.75. The highest BCUT2D eigenvalue weighted by molar-refractivity contribution is 9.11. The Balaban J connectivity index is 1.90. The Morgan fingerprint density at radius 3 is 2.64 bits per heavy atom. The molecule has 6 nitrogen and oxygen atoms in total. The van der Waals surface area contributed by atoms with Gasteiger partial charge in [-0.3, -0.25) is 4.79 Å². The molecule has 0 bridgehead atoms. The van der Waals surface area contributed by atoms with Crippen molar-refractivity contribution in [2.24, 2.45) is 7.05 Å². The number of benzene rings is 1. The van der Waals surface area contributed by atoms with Crippen molar-refractivity contribution >= 4 is 54.5 Å². The number of thioether (sulfide) groups is 1. The summed E-state index contributed by atoms with van der Waals surface area (Å²) in [6.45, 7) is 0. The molecule has 0 spiro atoms. The van der Waals surface area contributed by atoms with E-state index in [1.165, 1.54) is 7.05 Å². The van der Waals surface area contributed by atoms with Crippen LogP contribution in [0.5, 0.6) is 0 Å². The molecule has 132 valence electrons. The van der Waals surface area contributed by atoms with Gasteiger partial charge in [0.05, 0.1) is 16.7 Å². The fourth-order valence-electron chi connectivity index (χ4n) is 2.10. The SMILES string of the molecule is Cn1c(SCc2nc3c(Br)cc(Br)cc3c(=O)[nH]2)nnc1C(F)(F)F. The van der Waals surface area contributed by atoms with Crippen LogP contribution < -0.4 is 5.56 Å². The first-order valence-electron chi connectivity index (χ1n) is 6.64. The molecule has 1 aromatic carbocycles.